The van der Waals surface area contributed by atoms with Gasteiger partial charge in [0.2, 0.25) is 5.04 Å². The maximum Gasteiger partial charge on any atom is 0.365 e. The van der Waals surface area contributed by atoms with Crippen LogP contribution in [0.3, 0.4) is 0 Å². The van der Waals surface area contributed by atoms with E-state index in [1.807, 2.05) is 48.0 Å². The van der Waals surface area contributed by atoms with Gasteiger partial charge in [-0.15, -0.1) is 0 Å². The molecule has 0 saturated heterocycles. The highest BCUT2D eigenvalue weighted by molar-refractivity contribution is 9.10. The van der Waals surface area contributed by atoms with Gasteiger partial charge in [-0.05, 0) is 61.7 Å². The van der Waals surface area contributed by atoms with Gasteiger partial charge in [0, 0.05) is 10.0 Å². The molecule has 0 radical (unpaired) electrons. The molecule has 0 N–H and O–H groups in total. The summed E-state index contributed by atoms with van der Waals surface area (Å²) >= 11 is 6.85. The van der Waals surface area contributed by atoms with E-state index in [4.69, 9.17) is 9.84 Å². The summed E-state index contributed by atoms with van der Waals surface area (Å²) in [6.07, 6.45) is 0. The van der Waals surface area contributed by atoms with Crippen LogP contribution in [-0.4, -0.2) is 17.6 Å². The number of carbonyl (C=O) groups is 1. The Hall–Kier alpha value is -3.00. The van der Waals surface area contributed by atoms with Crippen molar-refractivity contribution in [2.24, 2.45) is 5.10 Å². The molecule has 7 heteroatoms. The summed E-state index contributed by atoms with van der Waals surface area (Å²) in [6, 6.07) is 34.3. The van der Waals surface area contributed by atoms with Crippen molar-refractivity contribution in [2.75, 3.05) is 11.6 Å². The number of rotatable bonds is 5. The fourth-order valence-corrected chi connectivity index (χ4v) is 9.05. The molecule has 0 aliphatic carbocycles. The molecular formula is C32H27BrN2O2S2. The Labute approximate surface area is 246 Å². The van der Waals surface area contributed by atoms with E-state index < -0.39 is 14.9 Å². The number of esters is 1. The van der Waals surface area contributed by atoms with Crippen LogP contribution >= 0.6 is 39.5 Å². The lowest BCUT2D eigenvalue weighted by Crippen LogP contribution is -2.34. The highest BCUT2D eigenvalue weighted by atomic mass is 79.9. The number of benzene rings is 4. The zero-order valence-corrected chi connectivity index (χ0v) is 25.1. The average molecular weight is 616 g/mol. The first-order chi connectivity index (χ1) is 18.9. The number of halogens is 1. The van der Waals surface area contributed by atoms with Gasteiger partial charge in [0.15, 0.2) is 4.20 Å². The second kappa shape index (κ2) is 10.2. The Kier molecular flexibility index (Phi) is 6.86. The Balaban J connectivity index is 1.62. The SMILES string of the molecule is CCOC(=O)C1=NN(c2ccc(Br)cc2)C2(S1)SC(c1ccc(C)cc1)(c1ccc(C)cc1)c1ccccc12. The van der Waals surface area contributed by atoms with Crippen molar-refractivity contribution in [3.63, 3.8) is 0 Å². The lowest BCUT2D eigenvalue weighted by atomic mass is 9.81. The average Bonchev–Trinajstić information content (AvgIpc) is 3.47. The van der Waals surface area contributed by atoms with Gasteiger partial charge in [0.05, 0.1) is 17.0 Å². The Bertz CT molecular complexity index is 1520. The number of carbonyl (C=O) groups excluding carboxylic acids is 1. The fourth-order valence-electron chi connectivity index (χ4n) is 5.22. The Morgan fingerprint density at radius 3 is 1.97 bits per heavy atom. The lowest BCUT2D eigenvalue weighted by molar-refractivity contribution is -0.134. The molecule has 4 aromatic rings. The summed E-state index contributed by atoms with van der Waals surface area (Å²) in [5, 5.41) is 7.28. The number of aryl methyl sites for hydroxylation is 2. The maximum absolute atomic E-state index is 13.1. The molecule has 2 aliphatic rings. The zero-order valence-electron chi connectivity index (χ0n) is 21.9. The van der Waals surface area contributed by atoms with Crippen LogP contribution in [0.25, 0.3) is 0 Å². The van der Waals surface area contributed by atoms with Crippen LogP contribution in [0, 0.1) is 13.8 Å². The van der Waals surface area contributed by atoms with E-state index in [0.29, 0.717) is 11.7 Å². The number of ether oxygens (including phenoxy) is 1. The molecule has 0 fully saturated rings. The fraction of sp³-hybridized carbons (Fsp3) is 0.188. The van der Waals surface area contributed by atoms with E-state index in [2.05, 4.69) is 103 Å². The number of anilines is 1. The van der Waals surface area contributed by atoms with E-state index in [-0.39, 0.29) is 0 Å². The predicted molar refractivity (Wildman–Crippen MR) is 166 cm³/mol. The van der Waals surface area contributed by atoms with Crippen molar-refractivity contribution in [3.05, 3.63) is 135 Å². The van der Waals surface area contributed by atoms with Crippen molar-refractivity contribution in [2.45, 2.75) is 29.7 Å². The third-order valence-electron chi connectivity index (χ3n) is 7.08. The van der Waals surface area contributed by atoms with Crippen LogP contribution in [0.5, 0.6) is 0 Å². The number of fused-ring (bicyclic) bond motifs is 2. The summed E-state index contributed by atoms with van der Waals surface area (Å²) in [4.78, 5) is 13.1. The van der Waals surface area contributed by atoms with Gasteiger partial charge >= 0.3 is 5.97 Å². The molecule has 0 bridgehead atoms. The van der Waals surface area contributed by atoms with E-state index in [9.17, 15) is 4.79 Å². The summed E-state index contributed by atoms with van der Waals surface area (Å²) in [5.41, 5.74) is 8.01. The van der Waals surface area contributed by atoms with Crippen LogP contribution in [0.4, 0.5) is 5.69 Å². The van der Waals surface area contributed by atoms with Gasteiger partial charge in [0.25, 0.3) is 0 Å². The monoisotopic (exact) mass is 614 g/mol. The number of hydrogen-bond acceptors (Lipinski definition) is 6. The number of nitrogens with zero attached hydrogens (tertiary/aromatic N) is 2. The molecule has 2 aliphatic heterocycles. The summed E-state index contributed by atoms with van der Waals surface area (Å²) in [5.74, 6) is -0.400. The van der Waals surface area contributed by atoms with Crippen LogP contribution in [0.2, 0.25) is 0 Å². The van der Waals surface area contributed by atoms with Crippen LogP contribution in [0.15, 0.2) is 107 Å². The zero-order chi connectivity index (χ0) is 27.2. The highest BCUT2D eigenvalue weighted by Gasteiger charge is 2.61. The van der Waals surface area contributed by atoms with Crippen molar-refractivity contribution in [1.29, 1.82) is 0 Å². The summed E-state index contributed by atoms with van der Waals surface area (Å²) in [7, 11) is 0. The van der Waals surface area contributed by atoms with Gasteiger partial charge in [-0.2, -0.15) is 5.10 Å². The molecule has 4 aromatic carbocycles. The molecule has 0 saturated carbocycles. The second-order valence-electron chi connectivity index (χ2n) is 9.66. The maximum atomic E-state index is 13.1. The van der Waals surface area contributed by atoms with E-state index >= 15 is 0 Å². The van der Waals surface area contributed by atoms with E-state index in [1.165, 1.54) is 39.6 Å². The largest absolute Gasteiger partial charge is 0.461 e. The molecule has 1 unspecified atom stereocenters. The van der Waals surface area contributed by atoms with E-state index in [1.54, 1.807) is 0 Å². The first-order valence-corrected chi connectivity index (χ1v) is 15.2. The Morgan fingerprint density at radius 2 is 1.41 bits per heavy atom. The smallest absolute Gasteiger partial charge is 0.365 e. The molecule has 39 heavy (non-hydrogen) atoms. The second-order valence-corrected chi connectivity index (χ2v) is 13.4. The highest BCUT2D eigenvalue weighted by Crippen LogP contribution is 2.70. The molecule has 1 spiro atoms. The third kappa shape index (κ3) is 4.31. The van der Waals surface area contributed by atoms with Crippen molar-refractivity contribution < 1.29 is 9.53 Å². The third-order valence-corrected chi connectivity index (χ3v) is 10.9. The summed E-state index contributed by atoms with van der Waals surface area (Å²) in [6.45, 7) is 6.34. The Morgan fingerprint density at radius 1 is 0.846 bits per heavy atom. The van der Waals surface area contributed by atoms with Gasteiger partial charge in [-0.3, -0.25) is 0 Å². The first kappa shape index (κ1) is 26.2. The standard InChI is InChI=1S/C32H27BrN2O2S2/c1-4-37-30(36)29-34-35(26-19-17-25(33)18-20-26)32(38-29)28-8-6-5-7-27(28)31(39-32,23-13-9-21(2)10-14-23)24-15-11-22(3)12-16-24/h5-20H,4H2,1-3H3. The number of thioether (sulfide) groups is 2. The lowest BCUT2D eigenvalue weighted by Gasteiger charge is -2.37. The molecule has 0 amide bonds. The van der Waals surface area contributed by atoms with Gasteiger partial charge in [-0.1, -0.05) is 123 Å². The quantitative estimate of drug-likeness (QED) is 0.211. The summed E-state index contributed by atoms with van der Waals surface area (Å²) < 4.78 is 5.15. The first-order valence-electron chi connectivity index (χ1n) is 12.8. The predicted octanol–water partition coefficient (Wildman–Crippen LogP) is 8.34. The van der Waals surface area contributed by atoms with Gasteiger partial charge in [0.1, 0.15) is 0 Å². The minimum absolute atomic E-state index is 0.296. The van der Waals surface area contributed by atoms with Crippen molar-refractivity contribution >= 4 is 56.2 Å². The van der Waals surface area contributed by atoms with Gasteiger partial charge < -0.3 is 4.74 Å². The van der Waals surface area contributed by atoms with Crippen molar-refractivity contribution in [1.82, 2.24) is 0 Å². The van der Waals surface area contributed by atoms with Gasteiger partial charge in [-0.25, -0.2) is 9.80 Å². The van der Waals surface area contributed by atoms with Crippen LogP contribution in [-0.2, 0) is 18.5 Å². The normalized spacial score (nSPS) is 19.2. The molecule has 1 atom stereocenters. The molecule has 2 heterocycles. The van der Waals surface area contributed by atoms with Crippen molar-refractivity contribution in [3.8, 4) is 0 Å². The van der Waals surface area contributed by atoms with Crippen LogP contribution in [0.1, 0.15) is 40.3 Å². The number of hydrogen-bond donors (Lipinski definition) is 0. The molecule has 0 aromatic heterocycles. The minimum Gasteiger partial charge on any atom is -0.461 e. The minimum atomic E-state index is -0.734. The number of hydrazone groups is 1. The molecule has 6 rings (SSSR count). The van der Waals surface area contributed by atoms with Crippen LogP contribution < -0.4 is 5.01 Å². The molecular weight excluding hydrogens is 588 g/mol. The molecule has 4 nitrogen and oxygen atoms in total. The topological polar surface area (TPSA) is 41.9 Å². The van der Waals surface area contributed by atoms with E-state index in [0.717, 1.165) is 15.7 Å². The molecule has 196 valence electrons.